The molecule has 1 aromatic heterocycles. The van der Waals surface area contributed by atoms with Crippen LogP contribution in [-0.4, -0.2) is 56.8 Å². The Hall–Kier alpha value is -2.31. The third kappa shape index (κ3) is 7.91. The minimum Gasteiger partial charge on any atom is -0.469 e. The lowest BCUT2D eigenvalue weighted by Gasteiger charge is -2.33. The molecule has 158 valence electrons. The summed E-state index contributed by atoms with van der Waals surface area (Å²) in [6.45, 7) is 5.55. The molecule has 0 amide bonds. The lowest BCUT2D eigenvalue weighted by atomic mass is 10.0. The number of hydrogen-bond donors (Lipinski definition) is 2. The number of nitrogens with zero attached hydrogens (tertiary/aromatic N) is 2. The number of ether oxygens (including phenoxy) is 1. The second-order valence-electron chi connectivity index (χ2n) is 7.51. The highest BCUT2D eigenvalue weighted by atomic mass is 16.5. The van der Waals surface area contributed by atoms with Gasteiger partial charge in [0, 0.05) is 58.9 Å². The van der Waals surface area contributed by atoms with Crippen LogP contribution in [0.5, 0.6) is 0 Å². The van der Waals surface area contributed by atoms with Crippen LogP contribution in [-0.2, 0) is 17.7 Å². The smallest absolute Gasteiger partial charge is 0.191 e. The highest BCUT2D eigenvalue weighted by molar-refractivity contribution is 5.80. The van der Waals surface area contributed by atoms with E-state index in [1.165, 1.54) is 5.56 Å². The highest BCUT2D eigenvalue weighted by Gasteiger charge is 2.20. The maximum Gasteiger partial charge on any atom is 0.191 e. The summed E-state index contributed by atoms with van der Waals surface area (Å²) < 4.78 is 10.6. The van der Waals surface area contributed by atoms with Crippen molar-refractivity contribution in [3.05, 3.63) is 60.1 Å². The van der Waals surface area contributed by atoms with Crippen LogP contribution in [0, 0.1) is 0 Å². The lowest BCUT2D eigenvalue weighted by molar-refractivity contribution is 0.196. The van der Waals surface area contributed by atoms with Crippen molar-refractivity contribution in [2.24, 2.45) is 4.99 Å². The summed E-state index contributed by atoms with van der Waals surface area (Å²) in [6.07, 6.45) is 5.75. The molecule has 0 unspecified atom stereocenters. The van der Waals surface area contributed by atoms with Gasteiger partial charge in [-0.2, -0.15) is 0 Å². The molecule has 1 fully saturated rings. The molecule has 0 spiro atoms. The van der Waals surface area contributed by atoms with Crippen LogP contribution < -0.4 is 10.6 Å². The zero-order valence-electron chi connectivity index (χ0n) is 17.5. The van der Waals surface area contributed by atoms with E-state index in [4.69, 9.17) is 14.1 Å². The molecule has 1 aliphatic rings. The second kappa shape index (κ2) is 12.3. The molecule has 2 aromatic rings. The van der Waals surface area contributed by atoms with Crippen molar-refractivity contribution in [3.8, 4) is 0 Å². The minimum absolute atomic E-state index is 0.458. The van der Waals surface area contributed by atoms with Gasteiger partial charge in [0.05, 0.1) is 6.26 Å². The summed E-state index contributed by atoms with van der Waals surface area (Å²) in [5.74, 6) is 1.89. The van der Waals surface area contributed by atoms with E-state index in [1.807, 2.05) is 12.1 Å². The van der Waals surface area contributed by atoms with Crippen LogP contribution in [0.4, 0.5) is 0 Å². The van der Waals surface area contributed by atoms with Crippen molar-refractivity contribution in [1.29, 1.82) is 0 Å². The molecular weight excluding hydrogens is 364 g/mol. The molecule has 29 heavy (non-hydrogen) atoms. The van der Waals surface area contributed by atoms with Gasteiger partial charge in [0.1, 0.15) is 5.76 Å². The summed E-state index contributed by atoms with van der Waals surface area (Å²) in [5, 5.41) is 7.10. The summed E-state index contributed by atoms with van der Waals surface area (Å²) >= 11 is 0. The van der Waals surface area contributed by atoms with Crippen molar-refractivity contribution < 1.29 is 9.15 Å². The van der Waals surface area contributed by atoms with Gasteiger partial charge >= 0.3 is 0 Å². The van der Waals surface area contributed by atoms with Gasteiger partial charge in [-0.15, -0.1) is 0 Å². The third-order valence-electron chi connectivity index (χ3n) is 5.20. The number of benzene rings is 1. The standard InChI is InChI=1S/C23H34N4O2/c1-28-17-6-13-24-23(25-14-10-22-9-5-18-29-22)26-21-11-15-27(16-12-21)19-20-7-3-2-4-8-20/h2-5,7-9,18,21H,6,10-17,19H2,1H3,(H2,24,25,26). The predicted molar refractivity (Wildman–Crippen MR) is 117 cm³/mol. The summed E-state index contributed by atoms with van der Waals surface area (Å²) in [6, 6.07) is 15.1. The second-order valence-corrected chi connectivity index (χ2v) is 7.51. The molecule has 0 bridgehead atoms. The van der Waals surface area contributed by atoms with Crippen molar-refractivity contribution in [3.63, 3.8) is 0 Å². The Morgan fingerprint density at radius 3 is 2.72 bits per heavy atom. The molecule has 0 aliphatic carbocycles. The minimum atomic E-state index is 0.458. The van der Waals surface area contributed by atoms with E-state index < -0.39 is 0 Å². The maximum atomic E-state index is 5.42. The van der Waals surface area contributed by atoms with E-state index >= 15 is 0 Å². The Balaban J connectivity index is 1.44. The Labute approximate surface area is 174 Å². The quantitative estimate of drug-likeness (QED) is 0.366. The number of likely N-dealkylation sites (tertiary alicyclic amines) is 1. The molecule has 3 rings (SSSR count). The summed E-state index contributed by atoms with van der Waals surface area (Å²) in [7, 11) is 1.73. The van der Waals surface area contributed by atoms with Crippen molar-refractivity contribution in [2.45, 2.75) is 38.3 Å². The first-order valence-corrected chi connectivity index (χ1v) is 10.7. The Morgan fingerprint density at radius 1 is 1.17 bits per heavy atom. The van der Waals surface area contributed by atoms with E-state index in [2.05, 4.69) is 45.9 Å². The molecule has 1 aliphatic heterocycles. The van der Waals surface area contributed by atoms with Crippen LogP contribution in [0.2, 0.25) is 0 Å². The number of methoxy groups -OCH3 is 1. The number of aliphatic imine (C=N–C) groups is 1. The topological polar surface area (TPSA) is 62.0 Å². The third-order valence-corrected chi connectivity index (χ3v) is 5.20. The molecule has 1 saturated heterocycles. The monoisotopic (exact) mass is 398 g/mol. The molecule has 6 nitrogen and oxygen atoms in total. The first-order chi connectivity index (χ1) is 14.3. The number of nitrogens with one attached hydrogen (secondary N) is 2. The molecule has 2 N–H and O–H groups in total. The van der Waals surface area contributed by atoms with Gasteiger partial charge in [0.2, 0.25) is 0 Å². The molecule has 0 atom stereocenters. The number of rotatable bonds is 10. The Bertz CT molecular complexity index is 695. The van der Waals surface area contributed by atoms with Crippen molar-refractivity contribution >= 4 is 5.96 Å². The van der Waals surface area contributed by atoms with Crippen molar-refractivity contribution in [2.75, 3.05) is 39.9 Å². The fourth-order valence-electron chi connectivity index (χ4n) is 3.58. The van der Waals surface area contributed by atoms with Crippen LogP contribution in [0.3, 0.4) is 0 Å². The average Bonchev–Trinajstić information content (AvgIpc) is 3.27. The van der Waals surface area contributed by atoms with E-state index in [-0.39, 0.29) is 0 Å². The Morgan fingerprint density at radius 2 is 2.00 bits per heavy atom. The van der Waals surface area contributed by atoms with Crippen LogP contribution in [0.1, 0.15) is 30.6 Å². The van der Waals surface area contributed by atoms with E-state index in [9.17, 15) is 0 Å². The molecule has 0 saturated carbocycles. The van der Waals surface area contributed by atoms with E-state index in [0.717, 1.165) is 76.7 Å². The first-order valence-electron chi connectivity index (χ1n) is 10.7. The molecule has 6 heteroatoms. The van der Waals surface area contributed by atoms with Gasteiger partial charge in [-0.25, -0.2) is 0 Å². The normalized spacial score (nSPS) is 16.1. The first kappa shape index (κ1) is 21.4. The largest absolute Gasteiger partial charge is 0.469 e. The van der Waals surface area contributed by atoms with E-state index in [0.29, 0.717) is 6.04 Å². The maximum absolute atomic E-state index is 5.42. The van der Waals surface area contributed by atoms with Gasteiger partial charge < -0.3 is 19.8 Å². The van der Waals surface area contributed by atoms with Gasteiger partial charge in [-0.3, -0.25) is 9.89 Å². The summed E-state index contributed by atoms with van der Waals surface area (Å²) in [5.41, 5.74) is 1.39. The number of piperidine rings is 1. The van der Waals surface area contributed by atoms with Gasteiger partial charge in [-0.1, -0.05) is 30.3 Å². The van der Waals surface area contributed by atoms with Gasteiger partial charge in [0.15, 0.2) is 5.96 Å². The lowest BCUT2D eigenvalue weighted by Crippen LogP contribution is -2.49. The number of furan rings is 1. The van der Waals surface area contributed by atoms with Crippen LogP contribution >= 0.6 is 0 Å². The molecular formula is C23H34N4O2. The Kier molecular flexibility index (Phi) is 9.07. The zero-order valence-corrected chi connectivity index (χ0v) is 17.5. The van der Waals surface area contributed by atoms with E-state index in [1.54, 1.807) is 13.4 Å². The number of hydrogen-bond acceptors (Lipinski definition) is 4. The van der Waals surface area contributed by atoms with Gasteiger partial charge in [-0.05, 0) is 37.0 Å². The highest BCUT2D eigenvalue weighted by Crippen LogP contribution is 2.13. The average molecular weight is 399 g/mol. The predicted octanol–water partition coefficient (Wildman–Crippen LogP) is 3.06. The zero-order chi connectivity index (χ0) is 20.2. The number of guanidine groups is 1. The van der Waals surface area contributed by atoms with Crippen LogP contribution in [0.25, 0.3) is 0 Å². The molecule has 0 radical (unpaired) electrons. The SMILES string of the molecule is COCCCN=C(NCCc1ccco1)NC1CCN(Cc2ccccc2)CC1. The van der Waals surface area contributed by atoms with Crippen molar-refractivity contribution in [1.82, 2.24) is 15.5 Å². The fraction of sp³-hybridized carbons (Fsp3) is 0.522. The molecule has 1 aromatic carbocycles. The van der Waals surface area contributed by atoms with Gasteiger partial charge in [0.25, 0.3) is 0 Å². The van der Waals surface area contributed by atoms with Crippen LogP contribution in [0.15, 0.2) is 58.1 Å². The summed E-state index contributed by atoms with van der Waals surface area (Å²) in [4.78, 5) is 7.27. The molecule has 2 heterocycles. The fourth-order valence-corrected chi connectivity index (χ4v) is 3.58.